The van der Waals surface area contributed by atoms with Crippen LogP contribution in [0.2, 0.25) is 0 Å². The van der Waals surface area contributed by atoms with Gasteiger partial charge in [0.05, 0.1) is 4.90 Å². The highest BCUT2D eigenvalue weighted by atomic mass is 32.2. The summed E-state index contributed by atoms with van der Waals surface area (Å²) in [7, 11) is -3.37. The van der Waals surface area contributed by atoms with E-state index in [0.717, 1.165) is 17.8 Å². The van der Waals surface area contributed by atoms with Crippen LogP contribution < -0.4 is 5.32 Å². The van der Waals surface area contributed by atoms with Gasteiger partial charge < -0.3 is 5.32 Å². The molecule has 0 aromatic carbocycles. The molecular weight excluding hydrogens is 280 g/mol. The number of hydrogen-bond acceptors (Lipinski definition) is 4. The molecule has 0 fully saturated rings. The van der Waals surface area contributed by atoms with Crippen LogP contribution in [0.25, 0.3) is 0 Å². The van der Waals surface area contributed by atoms with Crippen molar-refractivity contribution in [1.29, 1.82) is 0 Å². The average Bonchev–Trinajstić information content (AvgIpc) is 2.78. The van der Waals surface area contributed by atoms with Crippen molar-refractivity contribution >= 4 is 21.4 Å². The first-order valence-electron chi connectivity index (χ1n) is 6.74. The van der Waals surface area contributed by atoms with Crippen LogP contribution in [-0.2, 0) is 16.6 Å². The van der Waals surface area contributed by atoms with Crippen LogP contribution in [0, 0.1) is 0 Å². The van der Waals surface area contributed by atoms with Crippen LogP contribution in [-0.4, -0.2) is 31.9 Å². The predicted molar refractivity (Wildman–Crippen MR) is 81.0 cm³/mol. The van der Waals surface area contributed by atoms with Gasteiger partial charge in [0.1, 0.15) is 0 Å². The zero-order valence-corrected chi connectivity index (χ0v) is 13.8. The van der Waals surface area contributed by atoms with Gasteiger partial charge in [0.25, 0.3) is 0 Å². The minimum absolute atomic E-state index is 0.0219. The monoisotopic (exact) mass is 304 g/mol. The molecule has 0 atom stereocenters. The fourth-order valence-electron chi connectivity index (χ4n) is 2.01. The molecule has 6 heteroatoms. The maximum Gasteiger partial charge on any atom is 0.244 e. The van der Waals surface area contributed by atoms with Gasteiger partial charge in [-0.1, -0.05) is 13.8 Å². The van der Waals surface area contributed by atoms with Crippen LogP contribution in [0.1, 0.15) is 39.0 Å². The van der Waals surface area contributed by atoms with E-state index in [2.05, 4.69) is 12.2 Å². The minimum Gasteiger partial charge on any atom is -0.312 e. The third kappa shape index (κ3) is 4.02. The van der Waals surface area contributed by atoms with Gasteiger partial charge >= 0.3 is 0 Å². The number of sulfonamides is 1. The van der Waals surface area contributed by atoms with Gasteiger partial charge in [-0.3, -0.25) is 0 Å². The molecule has 0 amide bonds. The first-order chi connectivity index (χ1) is 8.95. The lowest BCUT2D eigenvalue weighted by atomic mass is 10.4. The van der Waals surface area contributed by atoms with E-state index in [-0.39, 0.29) is 6.04 Å². The molecule has 0 spiro atoms. The maximum absolute atomic E-state index is 12.6. The van der Waals surface area contributed by atoms with Crippen molar-refractivity contribution in [2.45, 2.75) is 51.6 Å². The Morgan fingerprint density at radius 2 is 2.05 bits per heavy atom. The first-order valence-corrected chi connectivity index (χ1v) is 9.06. The van der Waals surface area contributed by atoms with Crippen LogP contribution in [0.5, 0.6) is 0 Å². The lowest BCUT2D eigenvalue weighted by Crippen LogP contribution is -2.37. The summed E-state index contributed by atoms with van der Waals surface area (Å²) in [5.74, 6) is 0. The average molecular weight is 304 g/mol. The third-order valence-corrected chi connectivity index (χ3v) is 6.18. The normalized spacial score (nSPS) is 12.5. The molecule has 0 aliphatic carbocycles. The molecule has 1 heterocycles. The van der Waals surface area contributed by atoms with Crippen molar-refractivity contribution in [2.24, 2.45) is 0 Å². The SMILES string of the molecule is CCCNCc1sccc1S(=O)(=O)N(CC)C(C)C. The van der Waals surface area contributed by atoms with Crippen molar-refractivity contribution in [1.82, 2.24) is 9.62 Å². The molecule has 110 valence electrons. The molecule has 4 nitrogen and oxygen atoms in total. The van der Waals surface area contributed by atoms with Gasteiger partial charge in [0, 0.05) is 24.0 Å². The van der Waals surface area contributed by atoms with Crippen LogP contribution in [0.15, 0.2) is 16.3 Å². The number of hydrogen-bond donors (Lipinski definition) is 1. The van der Waals surface area contributed by atoms with E-state index < -0.39 is 10.0 Å². The fraction of sp³-hybridized carbons (Fsp3) is 0.692. The molecule has 0 radical (unpaired) electrons. The van der Waals surface area contributed by atoms with Gasteiger partial charge in [-0.15, -0.1) is 11.3 Å². The minimum atomic E-state index is -3.37. The van der Waals surface area contributed by atoms with Crippen molar-refractivity contribution in [3.63, 3.8) is 0 Å². The first kappa shape index (κ1) is 16.6. The number of thiophene rings is 1. The molecule has 1 aromatic rings. The Labute approximate surface area is 120 Å². The highest BCUT2D eigenvalue weighted by molar-refractivity contribution is 7.89. The Bertz CT molecular complexity index is 481. The largest absolute Gasteiger partial charge is 0.312 e. The van der Waals surface area contributed by atoms with Crippen LogP contribution >= 0.6 is 11.3 Å². The molecule has 0 aliphatic heterocycles. The zero-order chi connectivity index (χ0) is 14.5. The molecule has 0 aliphatic rings. The summed E-state index contributed by atoms with van der Waals surface area (Å²) >= 11 is 1.50. The number of nitrogens with one attached hydrogen (secondary N) is 1. The van der Waals surface area contributed by atoms with Crippen LogP contribution in [0.3, 0.4) is 0 Å². The standard InChI is InChI=1S/C13H24N2O2S2/c1-5-8-14-10-12-13(7-9-18-12)19(16,17)15(6-2)11(3)4/h7,9,11,14H,5-6,8,10H2,1-4H3. The zero-order valence-electron chi connectivity index (χ0n) is 12.1. The van der Waals surface area contributed by atoms with Gasteiger partial charge in [-0.05, 0) is 38.3 Å². The molecule has 1 N–H and O–H groups in total. The van der Waals surface area contributed by atoms with Gasteiger partial charge in [-0.2, -0.15) is 4.31 Å². The smallest absolute Gasteiger partial charge is 0.244 e. The van der Waals surface area contributed by atoms with Crippen molar-refractivity contribution < 1.29 is 8.42 Å². The van der Waals surface area contributed by atoms with E-state index in [9.17, 15) is 8.42 Å². The number of rotatable bonds is 8. The van der Waals surface area contributed by atoms with Crippen molar-refractivity contribution in [3.05, 3.63) is 16.3 Å². The second-order valence-corrected chi connectivity index (χ2v) is 7.55. The summed E-state index contributed by atoms with van der Waals surface area (Å²) in [5.41, 5.74) is 0. The number of nitrogens with zero attached hydrogens (tertiary/aromatic N) is 1. The Kier molecular flexibility index (Phi) is 6.46. The van der Waals surface area contributed by atoms with Gasteiger partial charge in [-0.25, -0.2) is 8.42 Å². The van der Waals surface area contributed by atoms with E-state index in [1.165, 1.54) is 11.3 Å². The summed E-state index contributed by atoms with van der Waals surface area (Å²) in [6, 6.07) is 1.69. The van der Waals surface area contributed by atoms with Gasteiger partial charge in [0.2, 0.25) is 10.0 Å². The van der Waals surface area contributed by atoms with E-state index in [4.69, 9.17) is 0 Å². The molecule has 0 saturated carbocycles. The summed E-state index contributed by atoms with van der Waals surface area (Å²) in [5, 5.41) is 5.11. The quantitative estimate of drug-likeness (QED) is 0.751. The third-order valence-electron chi connectivity index (χ3n) is 2.89. The molecule has 0 saturated heterocycles. The summed E-state index contributed by atoms with van der Waals surface area (Å²) in [4.78, 5) is 1.35. The van der Waals surface area contributed by atoms with E-state index in [1.807, 2.05) is 26.2 Å². The predicted octanol–water partition coefficient (Wildman–Crippen LogP) is 2.67. The van der Waals surface area contributed by atoms with Crippen molar-refractivity contribution in [3.8, 4) is 0 Å². The Morgan fingerprint density at radius 1 is 1.37 bits per heavy atom. The Morgan fingerprint density at radius 3 is 2.58 bits per heavy atom. The summed E-state index contributed by atoms with van der Waals surface area (Å²) in [6.45, 7) is 9.80. The molecule has 0 unspecified atom stereocenters. The second-order valence-electron chi connectivity index (χ2n) is 4.69. The molecule has 19 heavy (non-hydrogen) atoms. The Hall–Kier alpha value is -0.430. The summed E-state index contributed by atoms with van der Waals surface area (Å²) in [6.07, 6.45) is 1.04. The van der Waals surface area contributed by atoms with E-state index >= 15 is 0 Å². The van der Waals surface area contributed by atoms with Crippen molar-refractivity contribution in [2.75, 3.05) is 13.1 Å². The molecule has 1 aromatic heterocycles. The maximum atomic E-state index is 12.6. The molecule has 0 bridgehead atoms. The van der Waals surface area contributed by atoms with E-state index in [1.54, 1.807) is 10.4 Å². The lowest BCUT2D eigenvalue weighted by molar-refractivity contribution is 0.369. The van der Waals surface area contributed by atoms with E-state index in [0.29, 0.717) is 18.0 Å². The second kappa shape index (κ2) is 7.38. The summed E-state index contributed by atoms with van der Waals surface area (Å²) < 4.78 is 26.8. The molecule has 1 rings (SSSR count). The topological polar surface area (TPSA) is 49.4 Å². The Balaban J connectivity index is 2.98. The van der Waals surface area contributed by atoms with Crippen LogP contribution in [0.4, 0.5) is 0 Å². The lowest BCUT2D eigenvalue weighted by Gasteiger charge is -2.24. The molecular formula is C13H24N2O2S2. The highest BCUT2D eigenvalue weighted by Gasteiger charge is 2.28. The highest BCUT2D eigenvalue weighted by Crippen LogP contribution is 2.26. The fourth-order valence-corrected chi connectivity index (χ4v) is 5.04. The van der Waals surface area contributed by atoms with Gasteiger partial charge in [0.15, 0.2) is 0 Å².